The lowest BCUT2D eigenvalue weighted by Crippen LogP contribution is -2.29. The molecule has 1 amide bonds. The largest absolute Gasteiger partial charge is 0.490 e. The smallest absolute Gasteiger partial charge is 0.276 e. The molecule has 0 aliphatic carbocycles. The molecule has 0 saturated heterocycles. The van der Waals surface area contributed by atoms with Gasteiger partial charge in [0.15, 0.2) is 11.5 Å². The monoisotopic (exact) mass is 335 g/mol. The van der Waals surface area contributed by atoms with Crippen LogP contribution in [-0.4, -0.2) is 25.1 Å². The van der Waals surface area contributed by atoms with E-state index in [-0.39, 0.29) is 5.91 Å². The lowest BCUT2D eigenvalue weighted by Gasteiger charge is -2.07. The second-order valence-electron chi connectivity index (χ2n) is 5.69. The molecular weight excluding hydrogens is 318 g/mol. The van der Waals surface area contributed by atoms with Crippen molar-refractivity contribution in [3.8, 4) is 11.5 Å². The number of carbonyl (C=O) groups is 1. The second kappa shape index (κ2) is 6.68. The molecule has 4 rings (SSSR count). The zero-order valence-corrected chi connectivity index (χ0v) is 13.5. The number of nitrogens with one attached hydrogen (secondary N) is 2. The number of para-hydroxylation sites is 1. The molecule has 0 fully saturated rings. The molecule has 0 aromatic heterocycles. The van der Waals surface area contributed by atoms with Crippen molar-refractivity contribution in [3.63, 3.8) is 0 Å². The van der Waals surface area contributed by atoms with Gasteiger partial charge in [-0.25, -0.2) is 4.99 Å². The van der Waals surface area contributed by atoms with Gasteiger partial charge in [-0.2, -0.15) is 0 Å². The molecule has 0 saturated carbocycles. The van der Waals surface area contributed by atoms with Gasteiger partial charge in [0.2, 0.25) is 5.96 Å². The Morgan fingerprint density at radius 1 is 1.04 bits per heavy atom. The van der Waals surface area contributed by atoms with Crippen molar-refractivity contribution in [1.29, 1.82) is 0 Å². The van der Waals surface area contributed by atoms with E-state index in [1.807, 2.05) is 48.5 Å². The predicted molar refractivity (Wildman–Crippen MR) is 95.7 cm³/mol. The van der Waals surface area contributed by atoms with Crippen LogP contribution in [0.15, 0.2) is 59.2 Å². The molecule has 0 atom stereocenters. The SMILES string of the molecule is O=C1NC(Nc2ccccc2)=N/C1=C\c1ccc2c(c1)OCCCO2. The summed E-state index contributed by atoms with van der Waals surface area (Å²) in [7, 11) is 0. The number of carbonyl (C=O) groups excluding carboxylic acids is 1. The number of anilines is 1. The summed E-state index contributed by atoms with van der Waals surface area (Å²) in [5, 5.41) is 5.80. The Morgan fingerprint density at radius 3 is 2.68 bits per heavy atom. The molecule has 6 heteroatoms. The number of ether oxygens (including phenoxy) is 2. The average molecular weight is 335 g/mol. The summed E-state index contributed by atoms with van der Waals surface area (Å²) >= 11 is 0. The van der Waals surface area contributed by atoms with Crippen molar-refractivity contribution < 1.29 is 14.3 Å². The summed E-state index contributed by atoms with van der Waals surface area (Å²) in [5.41, 5.74) is 2.03. The van der Waals surface area contributed by atoms with Gasteiger partial charge < -0.3 is 14.8 Å². The van der Waals surface area contributed by atoms with Crippen LogP contribution in [0.1, 0.15) is 12.0 Å². The maximum atomic E-state index is 12.1. The summed E-state index contributed by atoms with van der Waals surface area (Å²) in [6, 6.07) is 15.1. The van der Waals surface area contributed by atoms with Gasteiger partial charge in [0.25, 0.3) is 5.91 Å². The van der Waals surface area contributed by atoms with Gasteiger partial charge in [0.1, 0.15) is 5.70 Å². The van der Waals surface area contributed by atoms with E-state index in [1.165, 1.54) is 0 Å². The zero-order valence-electron chi connectivity index (χ0n) is 13.5. The highest BCUT2D eigenvalue weighted by atomic mass is 16.5. The Bertz CT molecular complexity index is 859. The number of fused-ring (bicyclic) bond motifs is 1. The molecule has 2 heterocycles. The minimum absolute atomic E-state index is 0.245. The van der Waals surface area contributed by atoms with Gasteiger partial charge in [-0.3, -0.25) is 10.1 Å². The first-order valence-corrected chi connectivity index (χ1v) is 8.11. The highest BCUT2D eigenvalue weighted by Crippen LogP contribution is 2.31. The van der Waals surface area contributed by atoms with E-state index in [4.69, 9.17) is 9.47 Å². The van der Waals surface area contributed by atoms with Gasteiger partial charge in [-0.05, 0) is 35.9 Å². The van der Waals surface area contributed by atoms with Crippen LogP contribution in [0, 0.1) is 0 Å². The lowest BCUT2D eigenvalue weighted by atomic mass is 10.1. The van der Waals surface area contributed by atoms with Gasteiger partial charge in [0, 0.05) is 12.1 Å². The number of nitrogens with zero attached hydrogens (tertiary/aromatic N) is 1. The number of amides is 1. The van der Waals surface area contributed by atoms with Crippen LogP contribution in [-0.2, 0) is 4.79 Å². The molecule has 2 N–H and O–H groups in total. The molecule has 2 aromatic rings. The third-order valence-electron chi connectivity index (χ3n) is 3.81. The quantitative estimate of drug-likeness (QED) is 0.828. The minimum Gasteiger partial charge on any atom is -0.490 e. The van der Waals surface area contributed by atoms with Crippen molar-refractivity contribution in [2.75, 3.05) is 18.5 Å². The number of aliphatic imine (C=N–C) groups is 1. The molecule has 0 radical (unpaired) electrons. The van der Waals surface area contributed by atoms with Crippen molar-refractivity contribution >= 4 is 23.6 Å². The Hall–Kier alpha value is -3.28. The molecule has 25 heavy (non-hydrogen) atoms. The Kier molecular flexibility index (Phi) is 4.08. The first kappa shape index (κ1) is 15.3. The van der Waals surface area contributed by atoms with Crippen molar-refractivity contribution in [1.82, 2.24) is 5.32 Å². The summed E-state index contributed by atoms with van der Waals surface area (Å²) in [6.45, 7) is 1.27. The van der Waals surface area contributed by atoms with E-state index in [9.17, 15) is 4.79 Å². The number of hydrogen-bond donors (Lipinski definition) is 2. The Balaban J connectivity index is 1.56. The van der Waals surface area contributed by atoms with E-state index >= 15 is 0 Å². The van der Waals surface area contributed by atoms with Crippen LogP contribution in [0.3, 0.4) is 0 Å². The molecule has 6 nitrogen and oxygen atoms in total. The van der Waals surface area contributed by atoms with Crippen LogP contribution in [0.25, 0.3) is 6.08 Å². The number of guanidine groups is 1. The first-order chi connectivity index (χ1) is 12.3. The second-order valence-corrected chi connectivity index (χ2v) is 5.69. The normalized spacial score (nSPS) is 17.7. The van der Waals surface area contributed by atoms with Gasteiger partial charge >= 0.3 is 0 Å². The van der Waals surface area contributed by atoms with E-state index in [2.05, 4.69) is 15.6 Å². The molecule has 2 aliphatic rings. The number of hydrogen-bond acceptors (Lipinski definition) is 5. The fourth-order valence-corrected chi connectivity index (χ4v) is 2.61. The molecular formula is C19H17N3O3. The number of rotatable bonds is 2. The van der Waals surface area contributed by atoms with Gasteiger partial charge in [-0.1, -0.05) is 24.3 Å². The van der Waals surface area contributed by atoms with Crippen molar-refractivity contribution in [3.05, 3.63) is 59.8 Å². The highest BCUT2D eigenvalue weighted by Gasteiger charge is 2.20. The average Bonchev–Trinajstić information content (AvgIpc) is 2.83. The fraction of sp³-hybridized carbons (Fsp3) is 0.158. The van der Waals surface area contributed by atoms with Crippen LogP contribution in [0.2, 0.25) is 0 Å². The van der Waals surface area contributed by atoms with Crippen LogP contribution in [0.4, 0.5) is 5.69 Å². The molecule has 0 unspecified atom stereocenters. The van der Waals surface area contributed by atoms with Gasteiger partial charge in [-0.15, -0.1) is 0 Å². The molecule has 0 bridgehead atoms. The molecule has 2 aromatic carbocycles. The van der Waals surface area contributed by atoms with E-state index < -0.39 is 0 Å². The third-order valence-corrected chi connectivity index (χ3v) is 3.81. The minimum atomic E-state index is -0.245. The van der Waals surface area contributed by atoms with Crippen LogP contribution >= 0.6 is 0 Å². The summed E-state index contributed by atoms with van der Waals surface area (Å²) in [4.78, 5) is 16.5. The predicted octanol–water partition coefficient (Wildman–Crippen LogP) is 2.79. The fourth-order valence-electron chi connectivity index (χ4n) is 2.61. The van der Waals surface area contributed by atoms with E-state index in [1.54, 1.807) is 6.08 Å². The van der Waals surface area contributed by atoms with Crippen molar-refractivity contribution in [2.45, 2.75) is 6.42 Å². The maximum absolute atomic E-state index is 12.1. The van der Waals surface area contributed by atoms with E-state index in [0.29, 0.717) is 30.6 Å². The Morgan fingerprint density at radius 2 is 1.84 bits per heavy atom. The van der Waals surface area contributed by atoms with Crippen molar-refractivity contribution in [2.24, 2.45) is 4.99 Å². The Labute approximate surface area is 145 Å². The molecule has 2 aliphatic heterocycles. The topological polar surface area (TPSA) is 72.0 Å². The summed E-state index contributed by atoms with van der Waals surface area (Å²) in [5.74, 6) is 1.59. The van der Waals surface area contributed by atoms with E-state index in [0.717, 1.165) is 23.4 Å². The van der Waals surface area contributed by atoms with Gasteiger partial charge in [0.05, 0.1) is 13.2 Å². The highest BCUT2D eigenvalue weighted by molar-refractivity contribution is 6.17. The molecule has 0 spiro atoms. The standard InChI is InChI=1S/C19H17N3O3/c23-18-15(21-19(22-18)20-14-5-2-1-3-6-14)11-13-7-8-16-17(12-13)25-10-4-9-24-16/h1-3,5-8,11-12H,4,9-10H2,(H2,20,21,22,23)/b15-11-. The lowest BCUT2D eigenvalue weighted by molar-refractivity contribution is -0.115. The number of benzene rings is 2. The molecule has 126 valence electrons. The zero-order chi connectivity index (χ0) is 17.1. The first-order valence-electron chi connectivity index (χ1n) is 8.11. The maximum Gasteiger partial charge on any atom is 0.276 e. The van der Waals surface area contributed by atoms with Crippen LogP contribution < -0.4 is 20.1 Å². The van der Waals surface area contributed by atoms with Crippen LogP contribution in [0.5, 0.6) is 11.5 Å². The third kappa shape index (κ3) is 3.47. The summed E-state index contributed by atoms with van der Waals surface area (Å²) < 4.78 is 11.3. The summed E-state index contributed by atoms with van der Waals surface area (Å²) in [6.07, 6.45) is 2.58.